The van der Waals surface area contributed by atoms with Crippen LogP contribution in [0.25, 0.3) is 28.1 Å². The first kappa shape index (κ1) is 34.7. The van der Waals surface area contributed by atoms with E-state index in [0.717, 1.165) is 22.5 Å². The second kappa shape index (κ2) is 16.5. The van der Waals surface area contributed by atoms with Crippen molar-refractivity contribution in [2.24, 2.45) is 0 Å². The van der Waals surface area contributed by atoms with E-state index in [1.807, 2.05) is 83.7 Å². The minimum absolute atomic E-state index is 0. The molecular weight excluding hydrogens is 769 g/mol. The number of imidazole rings is 1. The molecule has 1 aromatic heterocycles. The van der Waals surface area contributed by atoms with Crippen molar-refractivity contribution in [3.63, 3.8) is 0 Å². The van der Waals surface area contributed by atoms with E-state index in [4.69, 9.17) is 16.1 Å². The molecule has 6 aromatic rings. The predicted octanol–water partition coefficient (Wildman–Crippen LogP) is 10.4. The van der Waals surface area contributed by atoms with E-state index < -0.39 is 0 Å². The maximum atomic E-state index is 6.69. The molecule has 1 aliphatic carbocycles. The van der Waals surface area contributed by atoms with Crippen LogP contribution in [-0.2, 0) is 27.8 Å². The number of para-hydroxylation sites is 1. The molecule has 0 N–H and O–H groups in total. The van der Waals surface area contributed by atoms with Gasteiger partial charge >= 0.3 is 0 Å². The van der Waals surface area contributed by atoms with Crippen molar-refractivity contribution in [1.29, 1.82) is 0 Å². The van der Waals surface area contributed by atoms with Crippen LogP contribution >= 0.6 is 0 Å². The SMILES string of the molecule is CCCCC1(CCCC)c2ccccc2-c2ccc(-c3c[n+](-c4[c-]c(Oc5[c-]cccc5)ccc4)[cH-]n3)cc21.[Au].[C-]#Cc1ccccc1. The molecule has 0 bridgehead atoms. The largest absolute Gasteiger partial charge is 0.510 e. The van der Waals surface area contributed by atoms with Gasteiger partial charge in [0.1, 0.15) is 5.69 Å². The first-order valence-corrected chi connectivity index (χ1v) is 16.6. The minimum atomic E-state index is 0. The van der Waals surface area contributed by atoms with E-state index in [0.29, 0.717) is 11.5 Å². The molecule has 0 saturated heterocycles. The fraction of sp³-hybridized carbons (Fsp3) is 0.205. The third kappa shape index (κ3) is 7.59. The normalized spacial score (nSPS) is 12.0. The van der Waals surface area contributed by atoms with Crippen molar-refractivity contribution < 1.29 is 31.7 Å². The van der Waals surface area contributed by atoms with Gasteiger partial charge in [0.2, 0.25) is 0 Å². The molecule has 0 aliphatic heterocycles. The quantitative estimate of drug-likeness (QED) is 0.0596. The van der Waals surface area contributed by atoms with Gasteiger partial charge in [-0.15, -0.1) is 42.0 Å². The molecule has 1 radical (unpaired) electrons. The van der Waals surface area contributed by atoms with Crippen molar-refractivity contribution in [2.45, 2.75) is 57.8 Å². The zero-order valence-corrected chi connectivity index (χ0v) is 29.6. The van der Waals surface area contributed by atoms with Crippen LogP contribution in [0, 0.1) is 24.5 Å². The van der Waals surface area contributed by atoms with Gasteiger partial charge in [-0.2, -0.15) is 35.3 Å². The van der Waals surface area contributed by atoms with Crippen LogP contribution in [0.15, 0.2) is 128 Å². The van der Waals surface area contributed by atoms with E-state index in [1.54, 1.807) is 0 Å². The average molecular weight is 809 g/mol. The van der Waals surface area contributed by atoms with Crippen LogP contribution in [0.2, 0.25) is 0 Å². The summed E-state index contributed by atoms with van der Waals surface area (Å²) in [5, 5.41) is 0. The monoisotopic (exact) mass is 808 g/mol. The molecule has 245 valence electrons. The van der Waals surface area contributed by atoms with Gasteiger partial charge < -0.3 is 15.7 Å². The van der Waals surface area contributed by atoms with Crippen LogP contribution in [0.1, 0.15) is 69.1 Å². The third-order valence-corrected chi connectivity index (χ3v) is 8.91. The molecule has 0 saturated carbocycles. The third-order valence-electron chi connectivity index (χ3n) is 8.91. The number of hydrogen-bond donors (Lipinski definition) is 0. The summed E-state index contributed by atoms with van der Waals surface area (Å²) in [6.07, 6.45) is 17.9. The molecule has 3 nitrogen and oxygen atoms in total. The number of ether oxygens (including phenoxy) is 1. The van der Waals surface area contributed by atoms with Gasteiger partial charge in [-0.25, -0.2) is 0 Å². The second-order valence-electron chi connectivity index (χ2n) is 12.0. The minimum Gasteiger partial charge on any atom is -0.510 e. The number of hydrogen-bond acceptors (Lipinski definition) is 2. The Morgan fingerprint density at radius 1 is 0.792 bits per heavy atom. The van der Waals surface area contributed by atoms with Crippen molar-refractivity contribution in [3.05, 3.63) is 163 Å². The predicted molar refractivity (Wildman–Crippen MR) is 189 cm³/mol. The molecule has 5 aromatic carbocycles. The van der Waals surface area contributed by atoms with Crippen LogP contribution in [0.4, 0.5) is 0 Å². The summed E-state index contributed by atoms with van der Waals surface area (Å²) >= 11 is 0. The Kier molecular flexibility index (Phi) is 11.9. The molecule has 0 spiro atoms. The molecule has 1 aliphatic rings. The smallest absolute Gasteiger partial charge is 0.199 e. The van der Waals surface area contributed by atoms with Crippen molar-refractivity contribution in [1.82, 2.24) is 4.98 Å². The Balaban J connectivity index is 0.000000441. The molecule has 0 amide bonds. The molecule has 0 unspecified atom stereocenters. The fourth-order valence-corrected chi connectivity index (χ4v) is 6.57. The van der Waals surface area contributed by atoms with Gasteiger partial charge in [-0.1, -0.05) is 106 Å². The van der Waals surface area contributed by atoms with Crippen LogP contribution in [0.3, 0.4) is 0 Å². The summed E-state index contributed by atoms with van der Waals surface area (Å²) in [7, 11) is 0. The van der Waals surface area contributed by atoms with Gasteiger partial charge in [0.25, 0.3) is 0 Å². The molecular formula is C44H39AuN2O-3. The van der Waals surface area contributed by atoms with E-state index in [2.05, 4.69) is 80.6 Å². The summed E-state index contributed by atoms with van der Waals surface area (Å²) in [6.45, 7) is 4.60. The number of unbranched alkanes of at least 4 members (excludes halogenated alkanes) is 2. The maximum Gasteiger partial charge on any atom is 0.199 e. The van der Waals surface area contributed by atoms with E-state index in [9.17, 15) is 0 Å². The number of nitrogens with zero attached hydrogens (tertiary/aromatic N) is 2. The van der Waals surface area contributed by atoms with Crippen LogP contribution < -0.4 is 9.30 Å². The zero-order valence-electron chi connectivity index (χ0n) is 27.5. The van der Waals surface area contributed by atoms with Gasteiger partial charge in [0.15, 0.2) is 6.33 Å². The molecule has 4 heteroatoms. The summed E-state index contributed by atoms with van der Waals surface area (Å²) in [5.74, 6) is 3.60. The van der Waals surface area contributed by atoms with Crippen LogP contribution in [-0.4, -0.2) is 4.98 Å². The summed E-state index contributed by atoms with van der Waals surface area (Å²) in [4.78, 5) is 4.82. The van der Waals surface area contributed by atoms with Crippen molar-refractivity contribution in [3.8, 4) is 45.5 Å². The number of benzene rings is 5. The van der Waals surface area contributed by atoms with E-state index >= 15 is 0 Å². The van der Waals surface area contributed by atoms with E-state index in [-0.39, 0.29) is 27.8 Å². The van der Waals surface area contributed by atoms with Gasteiger partial charge in [-0.05, 0) is 40.7 Å². The first-order valence-electron chi connectivity index (χ1n) is 16.6. The van der Waals surface area contributed by atoms with Crippen LogP contribution in [0.5, 0.6) is 11.5 Å². The summed E-state index contributed by atoms with van der Waals surface area (Å²) < 4.78 is 7.97. The topological polar surface area (TPSA) is 26.0 Å². The fourth-order valence-electron chi connectivity index (χ4n) is 6.57. The second-order valence-corrected chi connectivity index (χ2v) is 12.0. The molecule has 0 fully saturated rings. The number of aromatic nitrogens is 2. The van der Waals surface area contributed by atoms with Crippen molar-refractivity contribution in [2.75, 3.05) is 0 Å². The van der Waals surface area contributed by atoms with Gasteiger partial charge in [-0.3, -0.25) is 5.92 Å². The summed E-state index contributed by atoms with van der Waals surface area (Å²) in [6, 6.07) is 45.4. The Labute approximate surface area is 301 Å². The Morgan fingerprint density at radius 3 is 2.21 bits per heavy atom. The molecule has 7 rings (SSSR count). The summed E-state index contributed by atoms with van der Waals surface area (Å²) in [5.41, 5.74) is 9.67. The number of fused-ring (bicyclic) bond motifs is 3. The van der Waals surface area contributed by atoms with Gasteiger partial charge in [0, 0.05) is 45.5 Å². The standard InChI is InChI=1S/C36H34N2O.C8H5.Au/c1-3-5-21-36(22-6-4-2)33-18-11-10-17-31(33)32-20-19-27(23-34(32)36)35-25-38(26-37-35)28-13-12-16-30(24-28)39-29-14-8-7-9-15-29;1-2-8-6-4-3-5-7-8;/h7-14,16-20,23,25-26H,3-6,21-22H2,1-2H3;3-7H;/q-2;-1;. The average Bonchev–Trinajstić information content (AvgIpc) is 3.73. The van der Waals surface area contributed by atoms with E-state index in [1.165, 1.54) is 60.8 Å². The van der Waals surface area contributed by atoms with Crippen molar-refractivity contribution >= 4 is 0 Å². The molecule has 1 heterocycles. The molecule has 0 atom stereocenters. The maximum absolute atomic E-state index is 6.69. The zero-order chi connectivity index (χ0) is 32.5. The first-order chi connectivity index (χ1) is 23.1. The van der Waals surface area contributed by atoms with Gasteiger partial charge in [0.05, 0.1) is 0 Å². The number of rotatable bonds is 10. The molecule has 48 heavy (non-hydrogen) atoms. The Hall–Kier alpha value is -4.59. The Morgan fingerprint density at radius 2 is 1.50 bits per heavy atom. The Bertz CT molecular complexity index is 1950.